The predicted molar refractivity (Wildman–Crippen MR) is 83.1 cm³/mol. The third-order valence-corrected chi connectivity index (χ3v) is 3.51. The molecule has 0 aliphatic heterocycles. The summed E-state index contributed by atoms with van der Waals surface area (Å²) in [5, 5.41) is 3.18. The quantitative estimate of drug-likeness (QED) is 0.801. The molecule has 0 saturated heterocycles. The van der Waals surface area contributed by atoms with Crippen molar-refractivity contribution in [1.29, 1.82) is 0 Å². The first-order valence-corrected chi connectivity index (χ1v) is 6.73. The van der Waals surface area contributed by atoms with Gasteiger partial charge in [0, 0.05) is 5.56 Å². The molecule has 4 heteroatoms. The molecule has 1 heterocycles. The molecule has 21 heavy (non-hydrogen) atoms. The Labute approximate surface area is 122 Å². The summed E-state index contributed by atoms with van der Waals surface area (Å²) in [6.07, 6.45) is 0. The number of rotatable bonds is 3. The number of H-pyrrole nitrogens is 1. The monoisotopic (exact) mass is 280 g/mol. The van der Waals surface area contributed by atoms with Gasteiger partial charge in [0.25, 0.3) is 5.56 Å². The van der Waals surface area contributed by atoms with Gasteiger partial charge < -0.3 is 4.74 Å². The zero-order valence-electron chi connectivity index (χ0n) is 12.0. The minimum Gasteiger partial charge on any atom is -0.494 e. The van der Waals surface area contributed by atoms with Crippen molar-refractivity contribution in [3.63, 3.8) is 0 Å². The molecule has 1 aromatic heterocycles. The van der Waals surface area contributed by atoms with E-state index in [1.165, 1.54) is 4.68 Å². The van der Waals surface area contributed by atoms with E-state index in [2.05, 4.69) is 5.10 Å². The highest BCUT2D eigenvalue weighted by atomic mass is 16.5. The molecule has 0 radical (unpaired) electrons. The van der Waals surface area contributed by atoms with E-state index in [0.29, 0.717) is 17.0 Å². The van der Waals surface area contributed by atoms with Crippen molar-refractivity contribution in [1.82, 2.24) is 9.78 Å². The Kier molecular flexibility index (Phi) is 3.36. The Morgan fingerprint density at radius 1 is 1.00 bits per heavy atom. The molecule has 3 rings (SSSR count). The van der Waals surface area contributed by atoms with Crippen molar-refractivity contribution in [2.24, 2.45) is 0 Å². The van der Waals surface area contributed by atoms with Crippen molar-refractivity contribution in [3.8, 4) is 22.7 Å². The lowest BCUT2D eigenvalue weighted by Gasteiger charge is -2.08. The van der Waals surface area contributed by atoms with Gasteiger partial charge in [0.2, 0.25) is 0 Å². The van der Waals surface area contributed by atoms with Gasteiger partial charge in [0.05, 0.1) is 12.8 Å². The third kappa shape index (κ3) is 2.25. The molecule has 0 fully saturated rings. The predicted octanol–water partition coefficient (Wildman–Crippen LogP) is 3.15. The van der Waals surface area contributed by atoms with E-state index in [-0.39, 0.29) is 5.56 Å². The minimum atomic E-state index is -0.0710. The molecule has 0 bridgehead atoms. The summed E-state index contributed by atoms with van der Waals surface area (Å²) >= 11 is 0. The largest absolute Gasteiger partial charge is 0.494 e. The number of aromatic nitrogens is 2. The van der Waals surface area contributed by atoms with Gasteiger partial charge in [-0.3, -0.25) is 9.89 Å². The van der Waals surface area contributed by atoms with Gasteiger partial charge in [-0.2, -0.15) is 0 Å². The van der Waals surface area contributed by atoms with E-state index in [0.717, 1.165) is 11.3 Å². The maximum atomic E-state index is 12.5. The maximum absolute atomic E-state index is 12.5. The molecule has 3 aromatic rings. The second-order valence-electron chi connectivity index (χ2n) is 4.79. The molecule has 0 saturated carbocycles. The average molecular weight is 280 g/mol. The van der Waals surface area contributed by atoms with E-state index in [9.17, 15) is 4.79 Å². The van der Waals surface area contributed by atoms with Crippen molar-refractivity contribution in [2.45, 2.75) is 6.92 Å². The molecule has 0 spiro atoms. The van der Waals surface area contributed by atoms with Gasteiger partial charge >= 0.3 is 0 Å². The summed E-state index contributed by atoms with van der Waals surface area (Å²) in [5.41, 5.74) is 3.13. The van der Waals surface area contributed by atoms with Crippen molar-refractivity contribution in [2.75, 3.05) is 7.11 Å². The Balaban J connectivity index is 2.20. The number of hydrogen-bond donors (Lipinski definition) is 1. The fourth-order valence-electron chi connectivity index (χ4n) is 2.39. The van der Waals surface area contributed by atoms with Crippen LogP contribution in [0.2, 0.25) is 0 Å². The number of ether oxygens (including phenoxy) is 1. The molecule has 0 aliphatic rings. The highest BCUT2D eigenvalue weighted by Crippen LogP contribution is 2.24. The Morgan fingerprint density at radius 2 is 1.67 bits per heavy atom. The van der Waals surface area contributed by atoms with Gasteiger partial charge in [-0.1, -0.05) is 42.5 Å². The Hall–Kier alpha value is -2.75. The summed E-state index contributed by atoms with van der Waals surface area (Å²) in [6, 6.07) is 17.2. The topological polar surface area (TPSA) is 47.0 Å². The van der Waals surface area contributed by atoms with Crippen LogP contribution in [0.4, 0.5) is 0 Å². The van der Waals surface area contributed by atoms with Gasteiger partial charge in [-0.05, 0) is 24.6 Å². The van der Waals surface area contributed by atoms with E-state index in [4.69, 9.17) is 4.74 Å². The maximum Gasteiger partial charge on any atom is 0.274 e. The lowest BCUT2D eigenvalue weighted by Crippen LogP contribution is -2.16. The van der Waals surface area contributed by atoms with Crippen molar-refractivity contribution < 1.29 is 4.74 Å². The normalized spacial score (nSPS) is 10.6. The smallest absolute Gasteiger partial charge is 0.274 e. The number of para-hydroxylation sites is 2. The van der Waals surface area contributed by atoms with Crippen LogP contribution in [-0.4, -0.2) is 16.9 Å². The highest BCUT2D eigenvalue weighted by molar-refractivity contribution is 5.63. The van der Waals surface area contributed by atoms with E-state index < -0.39 is 0 Å². The number of methoxy groups -OCH3 is 1. The van der Waals surface area contributed by atoms with Crippen molar-refractivity contribution >= 4 is 0 Å². The second kappa shape index (κ2) is 5.32. The SMILES string of the molecule is COc1ccccc1-n1[nH]c(-c2ccccc2)c(C)c1=O. The van der Waals surface area contributed by atoms with E-state index in [1.807, 2.05) is 61.5 Å². The fraction of sp³-hybridized carbons (Fsp3) is 0.118. The van der Waals surface area contributed by atoms with Gasteiger partial charge in [-0.15, -0.1) is 0 Å². The van der Waals surface area contributed by atoms with Crippen LogP contribution in [0.15, 0.2) is 59.4 Å². The van der Waals surface area contributed by atoms with E-state index in [1.54, 1.807) is 7.11 Å². The van der Waals surface area contributed by atoms with Crippen LogP contribution >= 0.6 is 0 Å². The molecule has 106 valence electrons. The fourth-order valence-corrected chi connectivity index (χ4v) is 2.39. The summed E-state index contributed by atoms with van der Waals surface area (Å²) in [6.45, 7) is 1.83. The van der Waals surface area contributed by atoms with Crippen LogP contribution in [0.3, 0.4) is 0 Å². The molecule has 4 nitrogen and oxygen atoms in total. The van der Waals surface area contributed by atoms with Crippen LogP contribution in [-0.2, 0) is 0 Å². The van der Waals surface area contributed by atoms with Gasteiger partial charge in [0.1, 0.15) is 11.4 Å². The molecule has 1 N–H and O–H groups in total. The Bertz CT molecular complexity index is 816. The lowest BCUT2D eigenvalue weighted by molar-refractivity contribution is 0.411. The summed E-state index contributed by atoms with van der Waals surface area (Å²) in [7, 11) is 1.60. The number of aromatic amines is 1. The number of benzene rings is 2. The second-order valence-corrected chi connectivity index (χ2v) is 4.79. The molecular formula is C17H16N2O2. The minimum absolute atomic E-state index is 0.0710. The summed E-state index contributed by atoms with van der Waals surface area (Å²) < 4.78 is 6.85. The number of nitrogens with zero attached hydrogens (tertiary/aromatic N) is 1. The first kappa shape index (κ1) is 13.2. The Morgan fingerprint density at radius 3 is 2.38 bits per heavy atom. The third-order valence-electron chi connectivity index (χ3n) is 3.51. The zero-order valence-corrected chi connectivity index (χ0v) is 12.0. The summed E-state index contributed by atoms with van der Waals surface area (Å²) in [4.78, 5) is 12.5. The van der Waals surface area contributed by atoms with Crippen LogP contribution < -0.4 is 10.3 Å². The number of nitrogens with one attached hydrogen (secondary N) is 1. The van der Waals surface area contributed by atoms with Crippen LogP contribution in [0, 0.1) is 6.92 Å². The van der Waals surface area contributed by atoms with E-state index >= 15 is 0 Å². The molecule has 0 aliphatic carbocycles. The summed E-state index contributed by atoms with van der Waals surface area (Å²) in [5.74, 6) is 0.653. The zero-order chi connectivity index (χ0) is 14.8. The van der Waals surface area contributed by atoms with Crippen LogP contribution in [0.5, 0.6) is 5.75 Å². The molecule has 0 atom stereocenters. The number of hydrogen-bond acceptors (Lipinski definition) is 2. The van der Waals surface area contributed by atoms with Crippen LogP contribution in [0.25, 0.3) is 16.9 Å². The van der Waals surface area contributed by atoms with Crippen LogP contribution in [0.1, 0.15) is 5.56 Å². The molecule has 0 amide bonds. The molecule has 0 unspecified atom stereocenters. The highest BCUT2D eigenvalue weighted by Gasteiger charge is 2.15. The van der Waals surface area contributed by atoms with Gasteiger partial charge in [-0.25, -0.2) is 4.68 Å². The lowest BCUT2D eigenvalue weighted by atomic mass is 10.1. The first-order chi connectivity index (χ1) is 10.2. The molecule has 2 aromatic carbocycles. The standard InChI is InChI=1S/C17H16N2O2/c1-12-16(13-8-4-3-5-9-13)18-19(17(12)20)14-10-6-7-11-15(14)21-2/h3-11,18H,1-2H3. The van der Waals surface area contributed by atoms with Gasteiger partial charge in [0.15, 0.2) is 0 Å². The average Bonchev–Trinajstić information content (AvgIpc) is 2.84. The first-order valence-electron chi connectivity index (χ1n) is 6.73. The molecular weight excluding hydrogens is 264 g/mol. The van der Waals surface area contributed by atoms with Crippen molar-refractivity contribution in [3.05, 3.63) is 70.5 Å².